The van der Waals surface area contributed by atoms with Gasteiger partial charge in [-0.05, 0) is 106 Å². The van der Waals surface area contributed by atoms with E-state index in [9.17, 15) is 9.59 Å². The van der Waals surface area contributed by atoms with Crippen LogP contribution in [0.2, 0.25) is 5.02 Å². The van der Waals surface area contributed by atoms with Crippen molar-refractivity contribution >= 4 is 34.2 Å². The third kappa shape index (κ3) is 5.12. The van der Waals surface area contributed by atoms with Gasteiger partial charge in [-0.15, -0.1) is 0 Å². The molecule has 0 radical (unpaired) electrons. The second-order valence-corrected chi connectivity index (χ2v) is 12.2. The Balaban J connectivity index is 1.03. The minimum absolute atomic E-state index is 0.0334. The van der Waals surface area contributed by atoms with Crippen molar-refractivity contribution in [3.8, 4) is 0 Å². The van der Waals surface area contributed by atoms with Crippen molar-refractivity contribution in [2.45, 2.75) is 89.8 Å². The first kappa shape index (κ1) is 26.5. The van der Waals surface area contributed by atoms with Gasteiger partial charge in [0.1, 0.15) is 0 Å². The van der Waals surface area contributed by atoms with Gasteiger partial charge in [0.25, 0.3) is 5.91 Å². The van der Waals surface area contributed by atoms with Gasteiger partial charge in [-0.25, -0.2) is 0 Å². The highest BCUT2D eigenvalue weighted by molar-refractivity contribution is 6.35. The van der Waals surface area contributed by atoms with E-state index in [1.807, 2.05) is 25.1 Å². The molecule has 6 rings (SSSR count). The number of ketones is 1. The van der Waals surface area contributed by atoms with Crippen molar-refractivity contribution in [1.82, 2.24) is 15.2 Å². The van der Waals surface area contributed by atoms with Gasteiger partial charge >= 0.3 is 0 Å². The zero-order chi connectivity index (χ0) is 27.1. The van der Waals surface area contributed by atoms with Gasteiger partial charge in [-0.2, -0.15) is 0 Å². The van der Waals surface area contributed by atoms with E-state index in [0.29, 0.717) is 40.5 Å². The fraction of sp³-hybridized carbons (Fsp3) is 0.485. The molecule has 0 spiro atoms. The van der Waals surface area contributed by atoms with Crippen LogP contribution in [0.5, 0.6) is 0 Å². The summed E-state index contributed by atoms with van der Waals surface area (Å²) in [5.41, 5.74) is 5.97. The summed E-state index contributed by atoms with van der Waals surface area (Å²) in [5, 5.41) is 4.67. The summed E-state index contributed by atoms with van der Waals surface area (Å²) in [6.07, 6.45) is 9.52. The lowest BCUT2D eigenvalue weighted by Gasteiger charge is -2.31. The lowest BCUT2D eigenvalue weighted by molar-refractivity contribution is 0.0919. The summed E-state index contributed by atoms with van der Waals surface area (Å²) in [6, 6.07) is 15.1. The fourth-order valence-electron chi connectivity index (χ4n) is 7.23. The standard InChI is InChI=1S/C33H38ClN3O2/c1-3-4-31(38)22-8-12-24-27(19-22)30-16-15-29(24)37(30)18-17-21-6-9-23(10-7-21)36-33(39)26-13-14-28(34)32-25(26)11-5-20(2)35-32/h5,8,11-14,19,21,23,29-30H,3-4,6-7,9-10,15-18H2,1-2H3,(H,36,39)/t21-,23-,29-,30+/m0/s1. The quantitative estimate of drug-likeness (QED) is 0.295. The molecule has 2 aromatic carbocycles. The van der Waals surface area contributed by atoms with E-state index in [2.05, 4.69) is 40.3 Å². The average molecular weight is 544 g/mol. The maximum absolute atomic E-state index is 13.2. The highest BCUT2D eigenvalue weighted by Crippen LogP contribution is 2.53. The highest BCUT2D eigenvalue weighted by Gasteiger charge is 2.43. The van der Waals surface area contributed by atoms with Crippen LogP contribution in [0.25, 0.3) is 10.9 Å². The lowest BCUT2D eigenvalue weighted by Crippen LogP contribution is -2.38. The summed E-state index contributed by atoms with van der Waals surface area (Å²) in [5.74, 6) is 0.940. The Hall–Kier alpha value is -2.76. The van der Waals surface area contributed by atoms with E-state index in [-0.39, 0.29) is 17.7 Å². The highest BCUT2D eigenvalue weighted by atomic mass is 35.5. The number of aryl methyl sites for hydroxylation is 1. The molecule has 6 heteroatoms. The van der Waals surface area contributed by atoms with Gasteiger partial charge in [-0.3, -0.25) is 19.5 Å². The first-order chi connectivity index (χ1) is 18.9. The Kier molecular flexibility index (Phi) is 7.47. The molecule has 2 aliphatic heterocycles. The van der Waals surface area contributed by atoms with Gasteiger partial charge in [0, 0.05) is 46.8 Å². The fourth-order valence-corrected chi connectivity index (χ4v) is 7.43. The van der Waals surface area contributed by atoms with Crippen molar-refractivity contribution in [3.05, 3.63) is 75.4 Å². The summed E-state index contributed by atoms with van der Waals surface area (Å²) >= 11 is 6.36. The largest absolute Gasteiger partial charge is 0.349 e. The third-order valence-electron chi connectivity index (χ3n) is 9.29. The minimum Gasteiger partial charge on any atom is -0.349 e. The van der Waals surface area contributed by atoms with E-state index in [1.54, 1.807) is 6.07 Å². The van der Waals surface area contributed by atoms with Crippen LogP contribution in [0, 0.1) is 12.8 Å². The Morgan fingerprint density at radius 2 is 1.74 bits per heavy atom. The molecule has 1 saturated carbocycles. The molecule has 3 aromatic rings. The number of carbonyl (C=O) groups excluding carboxylic acids is 2. The molecule has 3 heterocycles. The predicted molar refractivity (Wildman–Crippen MR) is 156 cm³/mol. The summed E-state index contributed by atoms with van der Waals surface area (Å²) in [4.78, 5) is 32.9. The number of hydrogen-bond acceptors (Lipinski definition) is 4. The molecule has 3 aliphatic rings. The van der Waals surface area contributed by atoms with Crippen LogP contribution in [0.3, 0.4) is 0 Å². The maximum Gasteiger partial charge on any atom is 0.252 e. The molecule has 2 atom stereocenters. The number of rotatable bonds is 8. The van der Waals surface area contributed by atoms with Gasteiger partial charge in [0.2, 0.25) is 0 Å². The summed E-state index contributed by atoms with van der Waals surface area (Å²) < 4.78 is 0. The van der Waals surface area contributed by atoms with Crippen LogP contribution in [0.15, 0.2) is 42.5 Å². The number of nitrogens with one attached hydrogen (secondary N) is 1. The number of pyridine rings is 1. The first-order valence-corrected chi connectivity index (χ1v) is 15.1. The van der Waals surface area contributed by atoms with E-state index < -0.39 is 0 Å². The lowest BCUT2D eigenvalue weighted by atomic mass is 9.84. The summed E-state index contributed by atoms with van der Waals surface area (Å²) in [6.45, 7) is 5.12. The van der Waals surface area contributed by atoms with Crippen LogP contribution < -0.4 is 5.32 Å². The number of carbonyl (C=O) groups is 2. The minimum atomic E-state index is -0.0334. The number of benzene rings is 2. The molecule has 1 amide bonds. The van der Waals surface area contributed by atoms with Gasteiger partial charge < -0.3 is 5.32 Å². The number of aromatic nitrogens is 1. The predicted octanol–water partition coefficient (Wildman–Crippen LogP) is 7.75. The molecule has 39 heavy (non-hydrogen) atoms. The molecular weight excluding hydrogens is 506 g/mol. The van der Waals surface area contributed by atoms with Crippen molar-refractivity contribution in [2.75, 3.05) is 6.54 Å². The third-order valence-corrected chi connectivity index (χ3v) is 9.59. The number of Topliss-reactive ketones (excluding diaryl/α,β-unsaturated/α-hetero) is 1. The zero-order valence-corrected chi connectivity index (χ0v) is 23.8. The van der Waals surface area contributed by atoms with Crippen LogP contribution in [0.4, 0.5) is 0 Å². The SMILES string of the molecule is CCCC(=O)c1ccc2c(c1)[C@H]1CC[C@@H]2N1CC[C@H]1CC[C@H](NC(=O)c2ccc(Cl)c3nc(C)ccc23)CC1. The van der Waals surface area contributed by atoms with Crippen molar-refractivity contribution in [2.24, 2.45) is 5.92 Å². The number of halogens is 1. The number of fused-ring (bicyclic) bond motifs is 6. The maximum atomic E-state index is 13.2. The number of nitrogens with zero attached hydrogens (tertiary/aromatic N) is 2. The van der Waals surface area contributed by atoms with E-state index in [0.717, 1.165) is 55.3 Å². The van der Waals surface area contributed by atoms with E-state index >= 15 is 0 Å². The smallest absolute Gasteiger partial charge is 0.252 e. The van der Waals surface area contributed by atoms with Crippen molar-refractivity contribution in [1.29, 1.82) is 0 Å². The normalized spacial score (nSPS) is 24.2. The van der Waals surface area contributed by atoms with Crippen molar-refractivity contribution in [3.63, 3.8) is 0 Å². The molecule has 2 bridgehead atoms. The molecule has 5 nitrogen and oxygen atoms in total. The molecule has 1 saturated heterocycles. The molecule has 0 unspecified atom stereocenters. The Morgan fingerprint density at radius 1 is 0.974 bits per heavy atom. The van der Waals surface area contributed by atoms with Gasteiger partial charge in [0.15, 0.2) is 5.78 Å². The van der Waals surface area contributed by atoms with E-state index in [4.69, 9.17) is 11.6 Å². The zero-order valence-electron chi connectivity index (χ0n) is 23.0. The molecular formula is C33H38ClN3O2. The molecule has 204 valence electrons. The van der Waals surface area contributed by atoms with Crippen LogP contribution in [-0.4, -0.2) is 34.2 Å². The molecule has 1 N–H and O–H groups in total. The van der Waals surface area contributed by atoms with Crippen LogP contribution in [-0.2, 0) is 0 Å². The van der Waals surface area contributed by atoms with Gasteiger partial charge in [0.05, 0.1) is 10.5 Å². The summed E-state index contributed by atoms with van der Waals surface area (Å²) in [7, 11) is 0. The monoisotopic (exact) mass is 543 g/mol. The number of amides is 1. The van der Waals surface area contributed by atoms with Gasteiger partial charge in [-0.1, -0.05) is 36.7 Å². The second-order valence-electron chi connectivity index (χ2n) is 11.8. The van der Waals surface area contributed by atoms with Crippen LogP contribution >= 0.6 is 11.6 Å². The van der Waals surface area contributed by atoms with Crippen molar-refractivity contribution < 1.29 is 9.59 Å². The topological polar surface area (TPSA) is 62.3 Å². The Bertz CT molecular complexity index is 1410. The molecule has 2 fully saturated rings. The second kappa shape index (κ2) is 11.0. The molecule has 1 aliphatic carbocycles. The number of hydrogen-bond donors (Lipinski definition) is 1. The molecule has 1 aromatic heterocycles. The average Bonchev–Trinajstić information content (AvgIpc) is 3.49. The van der Waals surface area contributed by atoms with E-state index in [1.165, 1.54) is 30.4 Å². The Morgan fingerprint density at radius 3 is 2.51 bits per heavy atom. The Labute approximate surface area is 236 Å². The first-order valence-electron chi connectivity index (χ1n) is 14.7. The van der Waals surface area contributed by atoms with Crippen LogP contribution in [0.1, 0.15) is 114 Å².